The zero-order valence-electron chi connectivity index (χ0n) is 18.1. The molecule has 0 spiro atoms. The largest absolute Gasteiger partial charge is 0.495 e. The summed E-state index contributed by atoms with van der Waals surface area (Å²) >= 11 is 0. The van der Waals surface area contributed by atoms with E-state index in [1.54, 1.807) is 7.11 Å². The number of aromatic nitrogens is 2. The van der Waals surface area contributed by atoms with E-state index in [4.69, 9.17) is 4.74 Å². The average molecular weight is 418 g/mol. The minimum atomic E-state index is -0.121. The van der Waals surface area contributed by atoms with Gasteiger partial charge in [-0.3, -0.25) is 0 Å². The molecular formula is C24H27N5O2. The number of ether oxygens (including phenoxy) is 1. The first kappa shape index (κ1) is 20.7. The van der Waals surface area contributed by atoms with Gasteiger partial charge in [0, 0.05) is 31.7 Å². The van der Waals surface area contributed by atoms with Crippen LogP contribution in [0.2, 0.25) is 0 Å². The Balaban J connectivity index is 1.37. The number of anilines is 2. The van der Waals surface area contributed by atoms with Gasteiger partial charge in [0.05, 0.1) is 18.5 Å². The first-order valence-corrected chi connectivity index (χ1v) is 10.4. The number of aryl methyl sites for hydroxylation is 2. The van der Waals surface area contributed by atoms with E-state index in [2.05, 4.69) is 39.5 Å². The van der Waals surface area contributed by atoms with Crippen LogP contribution in [0.15, 0.2) is 54.6 Å². The summed E-state index contributed by atoms with van der Waals surface area (Å²) in [4.78, 5) is 16.7. The molecule has 31 heavy (non-hydrogen) atoms. The number of methoxy groups -OCH3 is 1. The highest BCUT2D eigenvalue weighted by Gasteiger charge is 2.23. The van der Waals surface area contributed by atoms with Crippen molar-refractivity contribution in [3.05, 3.63) is 65.7 Å². The van der Waals surface area contributed by atoms with Crippen LogP contribution in [0.4, 0.5) is 16.3 Å². The molecule has 2 amide bonds. The third kappa shape index (κ3) is 4.60. The molecule has 0 atom stereocenters. The van der Waals surface area contributed by atoms with Crippen molar-refractivity contribution in [2.45, 2.75) is 13.8 Å². The number of hydrogen-bond donors (Lipinski definition) is 1. The summed E-state index contributed by atoms with van der Waals surface area (Å²) < 4.78 is 5.36. The molecule has 4 rings (SSSR count). The second-order valence-electron chi connectivity index (χ2n) is 7.70. The minimum Gasteiger partial charge on any atom is -0.495 e. The fraction of sp³-hybridized carbons (Fsp3) is 0.292. The first-order chi connectivity index (χ1) is 15.0. The third-order valence-corrected chi connectivity index (χ3v) is 5.56. The maximum absolute atomic E-state index is 12.7. The smallest absolute Gasteiger partial charge is 0.322 e. The van der Waals surface area contributed by atoms with Crippen LogP contribution in [-0.2, 0) is 0 Å². The zero-order chi connectivity index (χ0) is 21.8. The number of hydrogen-bond acceptors (Lipinski definition) is 5. The molecular weight excluding hydrogens is 390 g/mol. The van der Waals surface area contributed by atoms with E-state index in [1.165, 1.54) is 5.56 Å². The fourth-order valence-corrected chi connectivity index (χ4v) is 3.75. The number of carbonyl (C=O) groups is 1. The molecule has 1 aromatic heterocycles. The highest BCUT2D eigenvalue weighted by molar-refractivity contribution is 5.91. The normalized spacial score (nSPS) is 13.8. The highest BCUT2D eigenvalue weighted by atomic mass is 16.5. The van der Waals surface area contributed by atoms with Crippen LogP contribution < -0.4 is 15.0 Å². The standard InChI is InChI=1S/C24H27N5O2/c1-17-8-10-22(31-3)21(16-17)25-24(30)29-14-12-28(13-15-29)23-11-9-20(26-27-23)19-7-5-4-6-18(19)2/h4-11,16H,12-15H2,1-3H3,(H,25,30). The van der Waals surface area contributed by atoms with E-state index in [0.717, 1.165) is 22.6 Å². The quantitative estimate of drug-likeness (QED) is 0.691. The number of carbonyl (C=O) groups excluding carboxylic acids is 1. The maximum atomic E-state index is 12.7. The Morgan fingerprint density at radius 2 is 1.74 bits per heavy atom. The van der Waals surface area contributed by atoms with Crippen LogP contribution in [0, 0.1) is 13.8 Å². The summed E-state index contributed by atoms with van der Waals surface area (Å²) in [6.07, 6.45) is 0. The lowest BCUT2D eigenvalue weighted by Crippen LogP contribution is -2.50. The Morgan fingerprint density at radius 3 is 2.42 bits per heavy atom. The van der Waals surface area contributed by atoms with Crippen LogP contribution in [0.3, 0.4) is 0 Å². The molecule has 2 heterocycles. The lowest BCUT2D eigenvalue weighted by Gasteiger charge is -2.35. The zero-order valence-corrected chi connectivity index (χ0v) is 18.1. The van der Waals surface area contributed by atoms with Gasteiger partial charge in [-0.05, 0) is 49.2 Å². The Kier molecular flexibility index (Phi) is 6.02. The predicted octanol–water partition coefficient (Wildman–Crippen LogP) is 4.12. The molecule has 160 valence electrons. The van der Waals surface area contributed by atoms with Gasteiger partial charge in [-0.1, -0.05) is 30.3 Å². The first-order valence-electron chi connectivity index (χ1n) is 10.4. The molecule has 7 heteroatoms. The minimum absolute atomic E-state index is 0.121. The number of nitrogens with one attached hydrogen (secondary N) is 1. The summed E-state index contributed by atoms with van der Waals surface area (Å²) in [6, 6.07) is 17.8. The highest BCUT2D eigenvalue weighted by Crippen LogP contribution is 2.26. The van der Waals surface area contributed by atoms with Crippen molar-refractivity contribution in [1.82, 2.24) is 15.1 Å². The second-order valence-corrected chi connectivity index (χ2v) is 7.70. The number of rotatable bonds is 4. The summed E-state index contributed by atoms with van der Waals surface area (Å²) in [6.45, 7) is 6.69. The van der Waals surface area contributed by atoms with Crippen molar-refractivity contribution >= 4 is 17.5 Å². The average Bonchev–Trinajstić information content (AvgIpc) is 2.80. The van der Waals surface area contributed by atoms with Gasteiger partial charge in [0.15, 0.2) is 5.82 Å². The van der Waals surface area contributed by atoms with Crippen molar-refractivity contribution < 1.29 is 9.53 Å². The summed E-state index contributed by atoms with van der Waals surface area (Å²) in [5, 5.41) is 11.8. The van der Waals surface area contributed by atoms with Gasteiger partial charge in [-0.25, -0.2) is 4.79 Å². The molecule has 0 unspecified atom stereocenters. The molecule has 1 N–H and O–H groups in total. The summed E-state index contributed by atoms with van der Waals surface area (Å²) in [5.74, 6) is 1.49. The maximum Gasteiger partial charge on any atom is 0.322 e. The van der Waals surface area contributed by atoms with Gasteiger partial charge < -0.3 is 19.9 Å². The van der Waals surface area contributed by atoms with Crippen LogP contribution in [0.5, 0.6) is 5.75 Å². The molecule has 0 saturated carbocycles. The molecule has 3 aromatic rings. The number of benzene rings is 2. The Hall–Kier alpha value is -3.61. The lowest BCUT2D eigenvalue weighted by atomic mass is 10.1. The number of piperazine rings is 1. The Bertz CT molecular complexity index is 1060. The van der Waals surface area contributed by atoms with Gasteiger partial charge in [0.25, 0.3) is 0 Å². The van der Waals surface area contributed by atoms with E-state index in [9.17, 15) is 4.79 Å². The van der Waals surface area contributed by atoms with Crippen LogP contribution in [0.25, 0.3) is 11.3 Å². The van der Waals surface area contributed by atoms with Crippen LogP contribution in [0.1, 0.15) is 11.1 Å². The van der Waals surface area contributed by atoms with Crippen molar-refractivity contribution in [3.63, 3.8) is 0 Å². The SMILES string of the molecule is COc1ccc(C)cc1NC(=O)N1CCN(c2ccc(-c3ccccc3C)nn2)CC1. The molecule has 0 aliphatic carbocycles. The predicted molar refractivity (Wildman–Crippen MR) is 123 cm³/mol. The molecule has 0 bridgehead atoms. The lowest BCUT2D eigenvalue weighted by molar-refractivity contribution is 0.208. The van der Waals surface area contributed by atoms with E-state index < -0.39 is 0 Å². The topological polar surface area (TPSA) is 70.6 Å². The molecule has 0 radical (unpaired) electrons. The van der Waals surface area contributed by atoms with Crippen molar-refractivity contribution in [3.8, 4) is 17.0 Å². The van der Waals surface area contributed by atoms with E-state index >= 15 is 0 Å². The summed E-state index contributed by atoms with van der Waals surface area (Å²) in [7, 11) is 1.60. The van der Waals surface area contributed by atoms with Crippen molar-refractivity contribution in [2.75, 3.05) is 43.5 Å². The third-order valence-electron chi connectivity index (χ3n) is 5.56. The summed E-state index contributed by atoms with van der Waals surface area (Å²) in [5.41, 5.74) is 4.89. The van der Waals surface area contributed by atoms with E-state index in [-0.39, 0.29) is 6.03 Å². The van der Waals surface area contributed by atoms with Gasteiger partial charge in [-0.15, -0.1) is 10.2 Å². The van der Waals surface area contributed by atoms with Gasteiger partial charge in [0.2, 0.25) is 0 Å². The Morgan fingerprint density at radius 1 is 0.968 bits per heavy atom. The molecule has 1 aliphatic rings. The number of nitrogens with zero attached hydrogens (tertiary/aromatic N) is 4. The molecule has 1 saturated heterocycles. The van der Waals surface area contributed by atoms with Crippen LogP contribution >= 0.6 is 0 Å². The van der Waals surface area contributed by atoms with Gasteiger partial charge in [0.1, 0.15) is 5.75 Å². The Labute approximate surface area is 182 Å². The van der Waals surface area contributed by atoms with E-state index in [0.29, 0.717) is 37.6 Å². The van der Waals surface area contributed by atoms with Crippen molar-refractivity contribution in [2.24, 2.45) is 0 Å². The van der Waals surface area contributed by atoms with Crippen molar-refractivity contribution in [1.29, 1.82) is 0 Å². The van der Waals surface area contributed by atoms with Gasteiger partial charge in [-0.2, -0.15) is 0 Å². The monoisotopic (exact) mass is 417 g/mol. The fourth-order valence-electron chi connectivity index (χ4n) is 3.75. The van der Waals surface area contributed by atoms with E-state index in [1.807, 2.05) is 54.3 Å². The molecule has 7 nitrogen and oxygen atoms in total. The van der Waals surface area contributed by atoms with Gasteiger partial charge >= 0.3 is 6.03 Å². The van der Waals surface area contributed by atoms with Crippen LogP contribution in [-0.4, -0.2) is 54.4 Å². The second kappa shape index (κ2) is 9.04. The molecule has 2 aromatic carbocycles. The number of amides is 2. The number of urea groups is 1. The molecule has 1 fully saturated rings. The molecule has 1 aliphatic heterocycles.